The molecule has 20 heavy (non-hydrogen) atoms. The molecule has 0 radical (unpaired) electrons. The zero-order valence-corrected chi connectivity index (χ0v) is 10.0. The van der Waals surface area contributed by atoms with Gasteiger partial charge in [0.2, 0.25) is 5.95 Å². The van der Waals surface area contributed by atoms with Gasteiger partial charge in [0.05, 0.1) is 17.7 Å². The molecule has 2 heterocycles. The van der Waals surface area contributed by atoms with Gasteiger partial charge in [-0.1, -0.05) is 5.21 Å². The Balaban J connectivity index is 1.85. The first-order valence-corrected chi connectivity index (χ1v) is 5.40. The van der Waals surface area contributed by atoms with Crippen molar-refractivity contribution in [1.29, 1.82) is 0 Å². The third-order valence-electron chi connectivity index (χ3n) is 2.23. The van der Waals surface area contributed by atoms with Gasteiger partial charge >= 0.3 is 11.7 Å². The molecule has 0 saturated heterocycles. The number of nitrogens with zero attached hydrogens (tertiary/aromatic N) is 6. The zero-order chi connectivity index (χ0) is 14.5. The molecular formula is C9H9N7O4. The summed E-state index contributed by atoms with van der Waals surface area (Å²) in [5.74, 6) is -0.919. The minimum Gasteiger partial charge on any atom is -0.476 e. The molecule has 0 atom stereocenters. The maximum atomic E-state index is 10.6. The lowest BCUT2D eigenvalue weighted by Crippen LogP contribution is -2.12. The summed E-state index contributed by atoms with van der Waals surface area (Å²) in [5.41, 5.74) is -0.338. The number of carbonyl (C=O) groups is 1. The molecule has 2 rings (SSSR count). The van der Waals surface area contributed by atoms with Gasteiger partial charge in [-0.15, -0.1) is 5.10 Å². The number of aromatic carboxylic acids is 1. The van der Waals surface area contributed by atoms with E-state index in [2.05, 4.69) is 25.6 Å². The predicted octanol–water partition coefficient (Wildman–Crippen LogP) is -0.213. The Kier molecular flexibility index (Phi) is 3.79. The van der Waals surface area contributed by atoms with E-state index >= 15 is 0 Å². The fraction of sp³-hybridized carbons (Fsp3) is 0.222. The first-order valence-electron chi connectivity index (χ1n) is 5.40. The van der Waals surface area contributed by atoms with Crippen LogP contribution in [0.15, 0.2) is 18.6 Å². The number of rotatable bonds is 6. The van der Waals surface area contributed by atoms with E-state index in [1.807, 2.05) is 0 Å². The highest BCUT2D eigenvalue weighted by atomic mass is 16.6. The van der Waals surface area contributed by atoms with Crippen molar-refractivity contribution in [3.8, 4) is 0 Å². The van der Waals surface area contributed by atoms with Crippen molar-refractivity contribution in [2.45, 2.75) is 6.54 Å². The van der Waals surface area contributed by atoms with Gasteiger partial charge in [0.1, 0.15) is 12.4 Å². The molecule has 11 nitrogen and oxygen atoms in total. The number of carboxylic acids is 1. The van der Waals surface area contributed by atoms with E-state index in [1.54, 1.807) is 0 Å². The van der Waals surface area contributed by atoms with E-state index < -0.39 is 10.9 Å². The summed E-state index contributed by atoms with van der Waals surface area (Å²) in [4.78, 5) is 27.9. The summed E-state index contributed by atoms with van der Waals surface area (Å²) in [6, 6.07) is 0. The van der Waals surface area contributed by atoms with Crippen LogP contribution in [0.1, 0.15) is 10.5 Å². The average Bonchev–Trinajstić information content (AvgIpc) is 2.88. The summed E-state index contributed by atoms with van der Waals surface area (Å²) in [7, 11) is 0. The Morgan fingerprint density at radius 2 is 2.15 bits per heavy atom. The standard InChI is InChI=1S/C9H9N7O4/c17-8(18)7-5-15(14-13-7)2-1-10-9-11-3-6(4-12-9)16(19)20/h3-5H,1-2H2,(H,17,18)(H,10,11,12). The Morgan fingerprint density at radius 1 is 1.45 bits per heavy atom. The van der Waals surface area contributed by atoms with Gasteiger partial charge in [-0.3, -0.25) is 10.1 Å². The van der Waals surface area contributed by atoms with Gasteiger partial charge in [-0.2, -0.15) is 0 Å². The third kappa shape index (κ3) is 3.22. The number of anilines is 1. The fourth-order valence-corrected chi connectivity index (χ4v) is 1.29. The van der Waals surface area contributed by atoms with E-state index in [0.29, 0.717) is 13.1 Å². The zero-order valence-electron chi connectivity index (χ0n) is 10.0. The molecule has 0 bridgehead atoms. The second kappa shape index (κ2) is 5.69. The molecule has 0 spiro atoms. The van der Waals surface area contributed by atoms with Crippen molar-refractivity contribution in [2.24, 2.45) is 0 Å². The summed E-state index contributed by atoms with van der Waals surface area (Å²) in [6.07, 6.45) is 3.47. The molecule has 2 aromatic heterocycles. The molecule has 0 fully saturated rings. The molecule has 0 aliphatic heterocycles. The minimum absolute atomic E-state index is 0.142. The normalized spacial score (nSPS) is 10.2. The summed E-state index contributed by atoms with van der Waals surface area (Å²) in [6.45, 7) is 0.709. The number of carboxylic acid groups (broad SMARTS) is 1. The fourth-order valence-electron chi connectivity index (χ4n) is 1.29. The number of aromatic nitrogens is 5. The van der Waals surface area contributed by atoms with Gasteiger partial charge < -0.3 is 10.4 Å². The highest BCUT2D eigenvalue weighted by Crippen LogP contribution is 2.07. The average molecular weight is 279 g/mol. The largest absolute Gasteiger partial charge is 0.476 e. The number of nitro groups is 1. The first kappa shape index (κ1) is 13.3. The Bertz CT molecular complexity index is 623. The molecule has 0 unspecified atom stereocenters. The highest BCUT2D eigenvalue weighted by molar-refractivity contribution is 5.84. The van der Waals surface area contributed by atoms with Crippen molar-refractivity contribution >= 4 is 17.6 Å². The molecule has 2 aromatic rings. The quantitative estimate of drug-likeness (QED) is 0.540. The second-order valence-corrected chi connectivity index (χ2v) is 3.62. The van der Waals surface area contributed by atoms with Crippen molar-refractivity contribution in [3.05, 3.63) is 34.4 Å². The molecule has 0 aliphatic rings. The van der Waals surface area contributed by atoms with Crippen LogP contribution in [-0.2, 0) is 6.54 Å². The third-order valence-corrected chi connectivity index (χ3v) is 2.23. The summed E-state index contributed by atoms with van der Waals surface area (Å²) < 4.78 is 1.35. The van der Waals surface area contributed by atoms with Crippen LogP contribution in [0.5, 0.6) is 0 Å². The van der Waals surface area contributed by atoms with E-state index in [0.717, 1.165) is 12.4 Å². The van der Waals surface area contributed by atoms with Crippen LogP contribution in [0.3, 0.4) is 0 Å². The molecular weight excluding hydrogens is 270 g/mol. The monoisotopic (exact) mass is 279 g/mol. The molecule has 11 heteroatoms. The molecule has 0 aliphatic carbocycles. The number of hydrogen-bond donors (Lipinski definition) is 2. The van der Waals surface area contributed by atoms with Gasteiger partial charge in [0, 0.05) is 6.54 Å². The van der Waals surface area contributed by atoms with Crippen LogP contribution in [0, 0.1) is 10.1 Å². The predicted molar refractivity (Wildman–Crippen MR) is 64.2 cm³/mol. The Labute approximate surface area is 111 Å². The topological polar surface area (TPSA) is 149 Å². The lowest BCUT2D eigenvalue weighted by Gasteiger charge is -2.03. The van der Waals surface area contributed by atoms with Crippen LogP contribution in [0.4, 0.5) is 11.6 Å². The summed E-state index contributed by atoms with van der Waals surface area (Å²) >= 11 is 0. The van der Waals surface area contributed by atoms with Crippen molar-refractivity contribution in [3.63, 3.8) is 0 Å². The van der Waals surface area contributed by atoms with Crippen molar-refractivity contribution < 1.29 is 14.8 Å². The van der Waals surface area contributed by atoms with Crippen LogP contribution < -0.4 is 5.32 Å². The van der Waals surface area contributed by atoms with Crippen LogP contribution in [0.25, 0.3) is 0 Å². The van der Waals surface area contributed by atoms with Crippen LogP contribution in [-0.4, -0.2) is 47.5 Å². The first-order chi connectivity index (χ1) is 9.56. The van der Waals surface area contributed by atoms with Crippen molar-refractivity contribution in [1.82, 2.24) is 25.0 Å². The van der Waals surface area contributed by atoms with Gasteiger partial charge in [0.15, 0.2) is 5.69 Å². The van der Waals surface area contributed by atoms with Gasteiger partial charge in [-0.05, 0) is 0 Å². The van der Waals surface area contributed by atoms with Crippen molar-refractivity contribution in [2.75, 3.05) is 11.9 Å². The Morgan fingerprint density at radius 3 is 2.70 bits per heavy atom. The maximum Gasteiger partial charge on any atom is 0.358 e. The molecule has 0 aromatic carbocycles. The SMILES string of the molecule is O=C(O)c1cn(CCNc2ncc([N+](=O)[O-])cn2)nn1. The summed E-state index contributed by atoms with van der Waals surface area (Å²) in [5, 5.41) is 29.0. The molecule has 104 valence electrons. The number of nitrogens with one attached hydrogen (secondary N) is 1. The van der Waals surface area contributed by atoms with E-state index in [-0.39, 0.29) is 17.3 Å². The molecule has 0 saturated carbocycles. The van der Waals surface area contributed by atoms with Gasteiger partial charge in [0.25, 0.3) is 0 Å². The van der Waals surface area contributed by atoms with Gasteiger partial charge in [-0.25, -0.2) is 19.4 Å². The Hall–Kier alpha value is -3.11. The van der Waals surface area contributed by atoms with E-state index in [1.165, 1.54) is 10.9 Å². The minimum atomic E-state index is -1.15. The lowest BCUT2D eigenvalue weighted by atomic mass is 10.5. The van der Waals surface area contributed by atoms with E-state index in [9.17, 15) is 14.9 Å². The number of hydrogen-bond acceptors (Lipinski definition) is 8. The second-order valence-electron chi connectivity index (χ2n) is 3.62. The highest BCUT2D eigenvalue weighted by Gasteiger charge is 2.08. The molecule has 0 amide bonds. The van der Waals surface area contributed by atoms with Crippen LogP contribution in [0.2, 0.25) is 0 Å². The van der Waals surface area contributed by atoms with E-state index in [4.69, 9.17) is 5.11 Å². The lowest BCUT2D eigenvalue weighted by molar-refractivity contribution is -0.385. The van der Waals surface area contributed by atoms with Crippen LogP contribution >= 0.6 is 0 Å². The maximum absolute atomic E-state index is 10.6. The molecule has 2 N–H and O–H groups in total. The smallest absolute Gasteiger partial charge is 0.358 e.